The Kier molecular flexibility index (Phi) is 4.29. The molecule has 0 heterocycles. The summed E-state index contributed by atoms with van der Waals surface area (Å²) in [7, 11) is 0. The van der Waals surface area contributed by atoms with E-state index in [1.165, 1.54) is 0 Å². The predicted octanol–water partition coefficient (Wildman–Crippen LogP) is 2.98. The molecule has 0 aromatic heterocycles. The SMILES string of the molecule is CCOCC(=O)c1cc(Br)ccc1C. The number of carbonyl (C=O) groups excluding carboxylic acids is 1. The molecule has 3 heteroatoms. The summed E-state index contributed by atoms with van der Waals surface area (Å²) in [5, 5.41) is 0. The number of hydrogen-bond acceptors (Lipinski definition) is 2. The second kappa shape index (κ2) is 5.27. The van der Waals surface area contributed by atoms with Crippen molar-refractivity contribution in [3.05, 3.63) is 33.8 Å². The lowest BCUT2D eigenvalue weighted by atomic mass is 10.1. The lowest BCUT2D eigenvalue weighted by Gasteiger charge is -2.05. The second-order valence-electron chi connectivity index (χ2n) is 3.02. The van der Waals surface area contributed by atoms with Crippen LogP contribution >= 0.6 is 15.9 Å². The molecule has 1 rings (SSSR count). The van der Waals surface area contributed by atoms with Gasteiger partial charge in [0.1, 0.15) is 6.61 Å². The molecule has 0 aliphatic carbocycles. The maximum atomic E-state index is 11.6. The minimum absolute atomic E-state index is 0.0330. The molecule has 0 spiro atoms. The third-order valence-corrected chi connectivity index (χ3v) is 2.43. The van der Waals surface area contributed by atoms with E-state index < -0.39 is 0 Å². The lowest BCUT2D eigenvalue weighted by molar-refractivity contribution is 0.0782. The molecular weight excluding hydrogens is 244 g/mol. The van der Waals surface area contributed by atoms with Gasteiger partial charge in [0.25, 0.3) is 0 Å². The average molecular weight is 257 g/mol. The third kappa shape index (κ3) is 2.93. The maximum absolute atomic E-state index is 11.6. The summed E-state index contributed by atoms with van der Waals surface area (Å²) < 4.78 is 6.00. The molecule has 0 bridgehead atoms. The highest BCUT2D eigenvalue weighted by Gasteiger charge is 2.08. The summed E-state index contributed by atoms with van der Waals surface area (Å²) >= 11 is 3.34. The van der Waals surface area contributed by atoms with Gasteiger partial charge in [-0.2, -0.15) is 0 Å². The second-order valence-corrected chi connectivity index (χ2v) is 3.94. The van der Waals surface area contributed by atoms with Crippen molar-refractivity contribution in [3.8, 4) is 0 Å². The van der Waals surface area contributed by atoms with Crippen LogP contribution in [0.5, 0.6) is 0 Å². The summed E-state index contributed by atoms with van der Waals surface area (Å²) in [6.07, 6.45) is 0. The molecule has 0 amide bonds. The first-order valence-electron chi connectivity index (χ1n) is 4.52. The molecule has 0 unspecified atom stereocenters. The Hall–Kier alpha value is -0.670. The summed E-state index contributed by atoms with van der Waals surface area (Å²) in [6, 6.07) is 5.67. The van der Waals surface area contributed by atoms with E-state index in [1.807, 2.05) is 32.0 Å². The maximum Gasteiger partial charge on any atom is 0.188 e. The van der Waals surface area contributed by atoms with Crippen LogP contribution in [0, 0.1) is 6.92 Å². The summed E-state index contributed by atoms with van der Waals surface area (Å²) in [6.45, 7) is 4.53. The Morgan fingerprint density at radius 1 is 1.50 bits per heavy atom. The Bertz CT molecular complexity index is 334. The van der Waals surface area contributed by atoms with Gasteiger partial charge in [0.05, 0.1) is 0 Å². The van der Waals surface area contributed by atoms with Crippen molar-refractivity contribution in [3.63, 3.8) is 0 Å². The summed E-state index contributed by atoms with van der Waals surface area (Å²) in [5.74, 6) is 0.0330. The molecule has 1 aromatic rings. The standard InChI is InChI=1S/C11H13BrO2/c1-3-14-7-11(13)10-6-9(12)5-4-8(10)2/h4-6H,3,7H2,1-2H3. The molecule has 0 saturated carbocycles. The van der Waals surface area contributed by atoms with Crippen molar-refractivity contribution < 1.29 is 9.53 Å². The van der Waals surface area contributed by atoms with E-state index in [1.54, 1.807) is 0 Å². The van der Waals surface area contributed by atoms with Gasteiger partial charge >= 0.3 is 0 Å². The quantitative estimate of drug-likeness (QED) is 0.775. The minimum Gasteiger partial charge on any atom is -0.374 e. The van der Waals surface area contributed by atoms with Crippen LogP contribution in [0.2, 0.25) is 0 Å². The first-order chi connectivity index (χ1) is 6.65. The van der Waals surface area contributed by atoms with Gasteiger partial charge in [-0.1, -0.05) is 22.0 Å². The predicted molar refractivity (Wildman–Crippen MR) is 59.7 cm³/mol. The van der Waals surface area contributed by atoms with Crippen LogP contribution in [0.1, 0.15) is 22.8 Å². The van der Waals surface area contributed by atoms with Crippen LogP contribution in [0.25, 0.3) is 0 Å². The molecule has 2 nitrogen and oxygen atoms in total. The number of ether oxygens (including phenoxy) is 1. The molecule has 0 fully saturated rings. The van der Waals surface area contributed by atoms with Gasteiger partial charge in [0, 0.05) is 16.6 Å². The van der Waals surface area contributed by atoms with Crippen molar-refractivity contribution in [2.45, 2.75) is 13.8 Å². The molecule has 76 valence electrons. The molecule has 0 aliphatic rings. The number of benzene rings is 1. The molecular formula is C11H13BrO2. The molecule has 1 aromatic carbocycles. The van der Waals surface area contributed by atoms with Gasteiger partial charge in [-0.05, 0) is 31.5 Å². The molecule has 14 heavy (non-hydrogen) atoms. The zero-order valence-electron chi connectivity index (χ0n) is 8.34. The van der Waals surface area contributed by atoms with Crippen LogP contribution in [0.3, 0.4) is 0 Å². The van der Waals surface area contributed by atoms with Gasteiger partial charge in [-0.15, -0.1) is 0 Å². The van der Waals surface area contributed by atoms with Crippen LogP contribution < -0.4 is 0 Å². The van der Waals surface area contributed by atoms with Gasteiger partial charge in [-0.3, -0.25) is 4.79 Å². The highest BCUT2D eigenvalue weighted by atomic mass is 79.9. The number of rotatable bonds is 4. The number of halogens is 1. The van der Waals surface area contributed by atoms with Crippen molar-refractivity contribution in [2.75, 3.05) is 13.2 Å². The van der Waals surface area contributed by atoms with Crippen LogP contribution in [0.15, 0.2) is 22.7 Å². The normalized spacial score (nSPS) is 10.2. The van der Waals surface area contributed by atoms with E-state index in [-0.39, 0.29) is 12.4 Å². The Morgan fingerprint density at radius 3 is 2.86 bits per heavy atom. The van der Waals surface area contributed by atoms with Gasteiger partial charge in [0.2, 0.25) is 0 Å². The fourth-order valence-electron chi connectivity index (χ4n) is 1.17. The van der Waals surface area contributed by atoms with E-state index in [2.05, 4.69) is 15.9 Å². The first-order valence-corrected chi connectivity index (χ1v) is 5.31. The fraction of sp³-hybridized carbons (Fsp3) is 0.364. The van der Waals surface area contributed by atoms with Gasteiger partial charge in [-0.25, -0.2) is 0 Å². The molecule has 0 radical (unpaired) electrons. The van der Waals surface area contributed by atoms with Crippen molar-refractivity contribution in [1.29, 1.82) is 0 Å². The van der Waals surface area contributed by atoms with Crippen molar-refractivity contribution in [2.24, 2.45) is 0 Å². The highest BCUT2D eigenvalue weighted by Crippen LogP contribution is 2.16. The largest absolute Gasteiger partial charge is 0.374 e. The third-order valence-electron chi connectivity index (χ3n) is 1.94. The molecule has 0 atom stereocenters. The Morgan fingerprint density at radius 2 is 2.21 bits per heavy atom. The Labute approximate surface area is 92.4 Å². The van der Waals surface area contributed by atoms with E-state index in [4.69, 9.17) is 4.74 Å². The van der Waals surface area contributed by atoms with Crippen LogP contribution in [-0.2, 0) is 4.74 Å². The van der Waals surface area contributed by atoms with E-state index in [0.717, 1.165) is 15.6 Å². The van der Waals surface area contributed by atoms with E-state index >= 15 is 0 Å². The molecule has 0 aliphatic heterocycles. The Balaban J connectivity index is 2.83. The lowest BCUT2D eigenvalue weighted by Crippen LogP contribution is -2.10. The van der Waals surface area contributed by atoms with Crippen LogP contribution in [-0.4, -0.2) is 19.0 Å². The highest BCUT2D eigenvalue weighted by molar-refractivity contribution is 9.10. The van der Waals surface area contributed by atoms with Gasteiger partial charge < -0.3 is 4.74 Å². The number of Topliss-reactive ketones (excluding diaryl/α,β-unsaturated/α-hetero) is 1. The smallest absolute Gasteiger partial charge is 0.188 e. The number of aryl methyl sites for hydroxylation is 1. The number of carbonyl (C=O) groups is 1. The zero-order chi connectivity index (χ0) is 10.6. The first kappa shape index (κ1) is 11.4. The van der Waals surface area contributed by atoms with Crippen molar-refractivity contribution in [1.82, 2.24) is 0 Å². The van der Waals surface area contributed by atoms with Gasteiger partial charge in [0.15, 0.2) is 5.78 Å². The average Bonchev–Trinajstić information content (AvgIpc) is 2.18. The van der Waals surface area contributed by atoms with E-state index in [9.17, 15) is 4.79 Å². The fourth-order valence-corrected chi connectivity index (χ4v) is 1.53. The zero-order valence-corrected chi connectivity index (χ0v) is 9.93. The monoisotopic (exact) mass is 256 g/mol. The van der Waals surface area contributed by atoms with Crippen LogP contribution in [0.4, 0.5) is 0 Å². The summed E-state index contributed by atoms with van der Waals surface area (Å²) in [4.78, 5) is 11.6. The molecule has 0 saturated heterocycles. The summed E-state index contributed by atoms with van der Waals surface area (Å²) in [5.41, 5.74) is 1.71. The molecule has 0 N–H and O–H groups in total. The van der Waals surface area contributed by atoms with E-state index in [0.29, 0.717) is 6.61 Å². The number of hydrogen-bond donors (Lipinski definition) is 0. The topological polar surface area (TPSA) is 26.3 Å². The number of ketones is 1. The van der Waals surface area contributed by atoms with Crippen molar-refractivity contribution >= 4 is 21.7 Å². The minimum atomic E-state index is 0.0330.